The predicted molar refractivity (Wildman–Crippen MR) is 83.5 cm³/mol. The van der Waals surface area contributed by atoms with Gasteiger partial charge in [0.25, 0.3) is 0 Å². The van der Waals surface area contributed by atoms with Crippen LogP contribution >= 0.6 is 39.1 Å². The Hall–Kier alpha value is 0.190. The molecular weight excluding hydrogens is 373 g/mol. The van der Waals surface area contributed by atoms with Crippen LogP contribution in [0.3, 0.4) is 0 Å². The van der Waals surface area contributed by atoms with Gasteiger partial charge in [0.2, 0.25) is 10.0 Å². The molecular formula is C12H16BrCl2NO2S. The van der Waals surface area contributed by atoms with Gasteiger partial charge in [-0.2, -0.15) is 0 Å². The summed E-state index contributed by atoms with van der Waals surface area (Å²) in [7, 11) is -3.71. The lowest BCUT2D eigenvalue weighted by atomic mass is 10.1. The van der Waals surface area contributed by atoms with Gasteiger partial charge in [-0.1, -0.05) is 59.4 Å². The zero-order valence-electron chi connectivity index (χ0n) is 10.7. The fourth-order valence-electron chi connectivity index (χ4n) is 1.76. The predicted octanol–water partition coefficient (Wildman–Crippen LogP) is 4.61. The van der Waals surface area contributed by atoms with Crippen LogP contribution in [0.5, 0.6) is 0 Å². The van der Waals surface area contributed by atoms with E-state index in [1.165, 1.54) is 12.1 Å². The summed E-state index contributed by atoms with van der Waals surface area (Å²) in [5.41, 5.74) is 0. The van der Waals surface area contributed by atoms with Crippen molar-refractivity contribution >= 4 is 49.2 Å². The van der Waals surface area contributed by atoms with Gasteiger partial charge in [-0.05, 0) is 25.0 Å². The maximum atomic E-state index is 12.3. The van der Waals surface area contributed by atoms with Gasteiger partial charge in [0.1, 0.15) is 4.90 Å². The average molecular weight is 389 g/mol. The van der Waals surface area contributed by atoms with Crippen LogP contribution in [0, 0.1) is 0 Å². The molecule has 0 spiro atoms. The highest BCUT2D eigenvalue weighted by Crippen LogP contribution is 2.33. The van der Waals surface area contributed by atoms with E-state index < -0.39 is 10.0 Å². The van der Waals surface area contributed by atoms with Gasteiger partial charge in [-0.15, -0.1) is 0 Å². The Labute approximate surface area is 132 Å². The molecule has 0 fully saturated rings. The van der Waals surface area contributed by atoms with E-state index in [1.807, 2.05) is 13.8 Å². The van der Waals surface area contributed by atoms with E-state index in [4.69, 9.17) is 23.2 Å². The van der Waals surface area contributed by atoms with Crippen molar-refractivity contribution in [2.75, 3.05) is 0 Å². The zero-order chi connectivity index (χ0) is 14.6. The van der Waals surface area contributed by atoms with E-state index in [0.717, 1.165) is 19.3 Å². The number of halogens is 3. The topological polar surface area (TPSA) is 46.2 Å². The summed E-state index contributed by atoms with van der Waals surface area (Å²) < 4.78 is 28.0. The second-order valence-corrected chi connectivity index (χ2v) is 7.59. The summed E-state index contributed by atoms with van der Waals surface area (Å²) in [5, 5.41) is 0.219. The third-order valence-corrected chi connectivity index (χ3v) is 5.58. The average Bonchev–Trinajstić information content (AvgIpc) is 2.25. The fraction of sp³-hybridized carbons (Fsp3) is 0.500. The molecule has 0 aliphatic rings. The smallest absolute Gasteiger partial charge is 0.208 e. The van der Waals surface area contributed by atoms with Crippen LogP contribution in [0.1, 0.15) is 33.1 Å². The van der Waals surface area contributed by atoms with Gasteiger partial charge in [0, 0.05) is 10.5 Å². The van der Waals surface area contributed by atoms with E-state index >= 15 is 0 Å². The van der Waals surface area contributed by atoms with Crippen molar-refractivity contribution in [1.82, 2.24) is 4.72 Å². The highest BCUT2D eigenvalue weighted by molar-refractivity contribution is 9.10. The van der Waals surface area contributed by atoms with E-state index in [0.29, 0.717) is 4.47 Å². The maximum Gasteiger partial charge on any atom is 0.243 e. The second-order valence-electron chi connectivity index (χ2n) is 4.21. The first-order valence-electron chi connectivity index (χ1n) is 5.98. The van der Waals surface area contributed by atoms with Gasteiger partial charge < -0.3 is 0 Å². The lowest BCUT2D eigenvalue weighted by Gasteiger charge is -2.17. The molecule has 1 aromatic carbocycles. The summed E-state index contributed by atoms with van der Waals surface area (Å²) in [4.78, 5) is -0.0615. The van der Waals surface area contributed by atoms with Gasteiger partial charge in [0.15, 0.2) is 0 Å². The highest BCUT2D eigenvalue weighted by atomic mass is 79.9. The van der Waals surface area contributed by atoms with Crippen molar-refractivity contribution in [3.05, 3.63) is 26.7 Å². The van der Waals surface area contributed by atoms with Crippen LogP contribution in [0.15, 0.2) is 21.5 Å². The largest absolute Gasteiger partial charge is 0.243 e. The van der Waals surface area contributed by atoms with E-state index in [9.17, 15) is 8.42 Å². The number of benzene rings is 1. The molecule has 0 amide bonds. The minimum atomic E-state index is -3.71. The van der Waals surface area contributed by atoms with Crippen molar-refractivity contribution in [3.63, 3.8) is 0 Å². The Morgan fingerprint density at radius 1 is 1.26 bits per heavy atom. The molecule has 1 rings (SSSR count). The van der Waals surface area contributed by atoms with Crippen LogP contribution in [0.4, 0.5) is 0 Å². The van der Waals surface area contributed by atoms with Crippen LogP contribution in [0.25, 0.3) is 0 Å². The number of sulfonamides is 1. The van der Waals surface area contributed by atoms with Crippen LogP contribution in [0.2, 0.25) is 10.0 Å². The molecule has 0 aliphatic heterocycles. The molecule has 1 atom stereocenters. The molecule has 0 bridgehead atoms. The lowest BCUT2D eigenvalue weighted by Crippen LogP contribution is -2.34. The second kappa shape index (κ2) is 7.27. The van der Waals surface area contributed by atoms with Crippen molar-refractivity contribution in [2.45, 2.75) is 44.0 Å². The molecule has 1 aromatic rings. The monoisotopic (exact) mass is 387 g/mol. The quantitative estimate of drug-likeness (QED) is 0.773. The summed E-state index contributed by atoms with van der Waals surface area (Å²) >= 11 is 15.2. The van der Waals surface area contributed by atoms with Crippen LogP contribution in [-0.4, -0.2) is 14.5 Å². The third kappa shape index (κ3) is 4.60. The Morgan fingerprint density at radius 2 is 1.79 bits per heavy atom. The third-order valence-electron chi connectivity index (χ3n) is 2.68. The molecule has 0 radical (unpaired) electrons. The Balaban J connectivity index is 3.14. The van der Waals surface area contributed by atoms with Gasteiger partial charge in [-0.3, -0.25) is 0 Å². The first-order chi connectivity index (χ1) is 8.81. The Morgan fingerprint density at radius 3 is 2.21 bits per heavy atom. The van der Waals surface area contributed by atoms with Crippen LogP contribution in [-0.2, 0) is 10.0 Å². The molecule has 108 valence electrons. The minimum Gasteiger partial charge on any atom is -0.208 e. The summed E-state index contributed by atoms with van der Waals surface area (Å²) in [6.07, 6.45) is 2.41. The van der Waals surface area contributed by atoms with Gasteiger partial charge in [-0.25, -0.2) is 13.1 Å². The number of hydrogen-bond donors (Lipinski definition) is 1. The van der Waals surface area contributed by atoms with Crippen molar-refractivity contribution < 1.29 is 8.42 Å². The van der Waals surface area contributed by atoms with Crippen molar-refractivity contribution in [3.8, 4) is 0 Å². The van der Waals surface area contributed by atoms with E-state index in [2.05, 4.69) is 20.7 Å². The first kappa shape index (κ1) is 17.2. The number of rotatable bonds is 6. The first-order valence-corrected chi connectivity index (χ1v) is 9.01. The van der Waals surface area contributed by atoms with Gasteiger partial charge in [0.05, 0.1) is 10.0 Å². The SMILES string of the molecule is CCCC(CC)NS(=O)(=O)c1c(Cl)cc(Br)cc1Cl. The molecule has 19 heavy (non-hydrogen) atoms. The standard InChI is InChI=1S/C12H16BrCl2NO2S/c1-3-5-9(4-2)16-19(17,18)12-10(14)6-8(13)7-11(12)15/h6-7,9,16H,3-5H2,1-2H3. The molecule has 0 aliphatic carbocycles. The van der Waals surface area contributed by atoms with Crippen molar-refractivity contribution in [2.24, 2.45) is 0 Å². The number of nitrogens with one attached hydrogen (secondary N) is 1. The molecule has 0 heterocycles. The molecule has 0 saturated heterocycles. The lowest BCUT2D eigenvalue weighted by molar-refractivity contribution is 0.512. The maximum absolute atomic E-state index is 12.3. The molecule has 1 N–H and O–H groups in total. The summed E-state index contributed by atoms with van der Waals surface area (Å²) in [6, 6.07) is 2.93. The number of hydrogen-bond acceptors (Lipinski definition) is 2. The Kier molecular flexibility index (Phi) is 6.60. The highest BCUT2D eigenvalue weighted by Gasteiger charge is 2.24. The fourth-order valence-corrected chi connectivity index (χ4v) is 5.05. The molecule has 0 aromatic heterocycles. The molecule has 3 nitrogen and oxygen atoms in total. The van der Waals surface area contributed by atoms with Crippen molar-refractivity contribution in [1.29, 1.82) is 0 Å². The normalized spacial score (nSPS) is 13.5. The summed E-state index contributed by atoms with van der Waals surface area (Å²) in [5.74, 6) is 0. The molecule has 0 saturated carbocycles. The summed E-state index contributed by atoms with van der Waals surface area (Å²) in [6.45, 7) is 3.95. The molecule has 1 unspecified atom stereocenters. The van der Waals surface area contributed by atoms with E-state index in [-0.39, 0.29) is 21.0 Å². The minimum absolute atomic E-state index is 0.0615. The molecule has 7 heteroatoms. The van der Waals surface area contributed by atoms with Gasteiger partial charge >= 0.3 is 0 Å². The van der Waals surface area contributed by atoms with E-state index in [1.54, 1.807) is 0 Å². The Bertz CT molecular complexity index is 526. The zero-order valence-corrected chi connectivity index (χ0v) is 14.6. The van der Waals surface area contributed by atoms with Crippen LogP contribution < -0.4 is 4.72 Å².